The molecule has 114 valence electrons. The van der Waals surface area contributed by atoms with Crippen LogP contribution in [0.5, 0.6) is 0 Å². The van der Waals surface area contributed by atoms with E-state index in [0.29, 0.717) is 5.15 Å². The smallest absolute Gasteiger partial charge is 0.223 e. The first-order valence-electron chi connectivity index (χ1n) is 7.57. The third kappa shape index (κ3) is 2.22. The molecule has 22 heavy (non-hydrogen) atoms. The van der Waals surface area contributed by atoms with Crippen molar-refractivity contribution in [2.45, 2.75) is 43.9 Å². The minimum atomic E-state index is -0.162. The van der Waals surface area contributed by atoms with E-state index in [2.05, 4.69) is 9.97 Å². The largest absolute Gasteiger partial charge is 0.224 e. The zero-order valence-corrected chi connectivity index (χ0v) is 13.5. The molecule has 1 atom stereocenters. The van der Waals surface area contributed by atoms with Gasteiger partial charge in [-0.3, -0.25) is 0 Å². The summed E-state index contributed by atoms with van der Waals surface area (Å²) < 4.78 is 13.8. The summed E-state index contributed by atoms with van der Waals surface area (Å²) in [6.45, 7) is 0. The lowest BCUT2D eigenvalue weighted by molar-refractivity contribution is 0.311. The fourth-order valence-electron chi connectivity index (χ4n) is 4.09. The summed E-state index contributed by atoms with van der Waals surface area (Å²) in [6.07, 6.45) is 5.75. The van der Waals surface area contributed by atoms with Crippen LogP contribution in [0.25, 0.3) is 0 Å². The summed E-state index contributed by atoms with van der Waals surface area (Å²) in [5.74, 6) is -0.162. The molecule has 0 aliphatic heterocycles. The van der Waals surface area contributed by atoms with E-state index in [1.165, 1.54) is 5.56 Å². The Morgan fingerprint density at radius 1 is 1.09 bits per heavy atom. The van der Waals surface area contributed by atoms with E-state index in [9.17, 15) is 4.39 Å². The standard InChI is InChI=1S/C17H15Cl2FN2/c18-15-12-5-7-17(9-14(12)21-16(19)22-15)6-1-2-10-3-4-11(20)8-13(10)17/h3-4,8H,1-2,5-7,9H2. The van der Waals surface area contributed by atoms with Gasteiger partial charge in [0.15, 0.2) is 0 Å². The molecule has 1 unspecified atom stereocenters. The van der Waals surface area contributed by atoms with Crippen molar-refractivity contribution in [1.29, 1.82) is 0 Å². The zero-order chi connectivity index (χ0) is 15.3. The van der Waals surface area contributed by atoms with Gasteiger partial charge in [-0.05, 0) is 73.4 Å². The van der Waals surface area contributed by atoms with E-state index in [4.69, 9.17) is 23.2 Å². The van der Waals surface area contributed by atoms with Crippen molar-refractivity contribution >= 4 is 23.2 Å². The Bertz CT molecular complexity index is 763. The van der Waals surface area contributed by atoms with Gasteiger partial charge in [0.25, 0.3) is 0 Å². The van der Waals surface area contributed by atoms with Gasteiger partial charge < -0.3 is 0 Å². The lowest BCUT2D eigenvalue weighted by atomic mass is 9.62. The minimum absolute atomic E-state index is 0.0380. The van der Waals surface area contributed by atoms with Gasteiger partial charge in [0.05, 0.1) is 5.69 Å². The lowest BCUT2D eigenvalue weighted by Crippen LogP contribution is -2.37. The van der Waals surface area contributed by atoms with Crippen LogP contribution in [0.2, 0.25) is 10.4 Å². The lowest BCUT2D eigenvalue weighted by Gasteiger charge is -2.42. The molecule has 1 aromatic carbocycles. The van der Waals surface area contributed by atoms with Gasteiger partial charge in [-0.15, -0.1) is 0 Å². The fourth-order valence-corrected chi connectivity index (χ4v) is 4.61. The Kier molecular flexibility index (Phi) is 3.39. The second-order valence-electron chi connectivity index (χ2n) is 6.32. The van der Waals surface area contributed by atoms with Crippen molar-refractivity contribution in [3.8, 4) is 0 Å². The van der Waals surface area contributed by atoms with Crippen molar-refractivity contribution in [2.24, 2.45) is 0 Å². The average Bonchev–Trinajstić information content (AvgIpc) is 2.48. The number of aryl methyl sites for hydroxylation is 1. The summed E-state index contributed by atoms with van der Waals surface area (Å²) in [5, 5.41) is 0.649. The molecule has 4 rings (SSSR count). The fraction of sp³-hybridized carbons (Fsp3) is 0.412. The molecule has 0 bridgehead atoms. The molecule has 2 aromatic rings. The van der Waals surface area contributed by atoms with Gasteiger partial charge in [0.2, 0.25) is 5.28 Å². The first-order valence-corrected chi connectivity index (χ1v) is 8.33. The van der Waals surface area contributed by atoms with E-state index in [1.54, 1.807) is 12.1 Å². The number of aromatic nitrogens is 2. The Balaban J connectivity index is 1.83. The average molecular weight is 337 g/mol. The maximum atomic E-state index is 13.8. The topological polar surface area (TPSA) is 25.8 Å². The molecular weight excluding hydrogens is 322 g/mol. The minimum Gasteiger partial charge on any atom is -0.223 e. The maximum absolute atomic E-state index is 13.8. The normalized spacial score (nSPS) is 23.2. The van der Waals surface area contributed by atoms with E-state index < -0.39 is 0 Å². The molecule has 0 radical (unpaired) electrons. The Hall–Kier alpha value is -1.19. The van der Waals surface area contributed by atoms with Crippen molar-refractivity contribution in [3.63, 3.8) is 0 Å². The van der Waals surface area contributed by atoms with Gasteiger partial charge in [-0.25, -0.2) is 14.4 Å². The highest BCUT2D eigenvalue weighted by Crippen LogP contribution is 2.47. The molecule has 5 heteroatoms. The molecule has 1 heterocycles. The third-order valence-corrected chi connectivity index (χ3v) is 5.60. The van der Waals surface area contributed by atoms with Crippen LogP contribution in [0.4, 0.5) is 4.39 Å². The third-order valence-electron chi connectivity index (χ3n) is 5.12. The van der Waals surface area contributed by atoms with E-state index in [0.717, 1.165) is 55.3 Å². The van der Waals surface area contributed by atoms with Crippen LogP contribution in [0, 0.1) is 5.82 Å². The summed E-state index contributed by atoms with van der Waals surface area (Å²) in [5.41, 5.74) is 4.30. The van der Waals surface area contributed by atoms with E-state index in [1.807, 2.05) is 6.07 Å². The van der Waals surface area contributed by atoms with Gasteiger partial charge >= 0.3 is 0 Å². The molecule has 2 nitrogen and oxygen atoms in total. The second kappa shape index (κ2) is 5.17. The first-order chi connectivity index (χ1) is 10.6. The first kappa shape index (κ1) is 14.4. The van der Waals surface area contributed by atoms with Crippen molar-refractivity contribution < 1.29 is 4.39 Å². The Labute approximate surface area is 138 Å². The van der Waals surface area contributed by atoms with Crippen LogP contribution in [0.1, 0.15) is 41.6 Å². The van der Waals surface area contributed by atoms with Crippen molar-refractivity contribution in [2.75, 3.05) is 0 Å². The van der Waals surface area contributed by atoms with E-state index >= 15 is 0 Å². The van der Waals surface area contributed by atoms with Crippen molar-refractivity contribution in [3.05, 3.63) is 56.8 Å². The summed E-state index contributed by atoms with van der Waals surface area (Å²) in [6, 6.07) is 5.20. The number of hydrogen-bond donors (Lipinski definition) is 0. The van der Waals surface area contributed by atoms with E-state index in [-0.39, 0.29) is 16.5 Å². The van der Waals surface area contributed by atoms with Crippen LogP contribution in [-0.4, -0.2) is 9.97 Å². The van der Waals surface area contributed by atoms with Crippen molar-refractivity contribution in [1.82, 2.24) is 9.97 Å². The van der Waals surface area contributed by atoms with Gasteiger partial charge in [-0.1, -0.05) is 17.7 Å². The number of benzene rings is 1. The van der Waals surface area contributed by atoms with Crippen LogP contribution < -0.4 is 0 Å². The molecule has 0 N–H and O–H groups in total. The SMILES string of the molecule is Fc1ccc2c(c1)C1(CCC2)CCc2c(Cl)nc(Cl)nc2C1. The maximum Gasteiger partial charge on any atom is 0.224 e. The van der Waals surface area contributed by atoms with Gasteiger partial charge in [-0.2, -0.15) is 0 Å². The highest BCUT2D eigenvalue weighted by atomic mass is 35.5. The predicted molar refractivity (Wildman–Crippen MR) is 85.1 cm³/mol. The van der Waals surface area contributed by atoms with Crippen LogP contribution in [0.15, 0.2) is 18.2 Å². The van der Waals surface area contributed by atoms with Crippen LogP contribution >= 0.6 is 23.2 Å². The number of hydrogen-bond acceptors (Lipinski definition) is 2. The second-order valence-corrected chi connectivity index (χ2v) is 7.02. The predicted octanol–water partition coefficient (Wildman–Crippen LogP) is 4.69. The Morgan fingerprint density at radius 2 is 1.95 bits per heavy atom. The molecule has 0 saturated heterocycles. The molecule has 2 aliphatic carbocycles. The summed E-state index contributed by atoms with van der Waals surface area (Å²) in [7, 11) is 0. The van der Waals surface area contributed by atoms with Gasteiger partial charge in [0, 0.05) is 11.0 Å². The van der Waals surface area contributed by atoms with Gasteiger partial charge in [0.1, 0.15) is 11.0 Å². The molecule has 0 amide bonds. The number of nitrogens with zero attached hydrogens (tertiary/aromatic N) is 2. The quantitative estimate of drug-likeness (QED) is 0.515. The summed E-state index contributed by atoms with van der Waals surface area (Å²) in [4.78, 5) is 8.43. The molecule has 0 fully saturated rings. The Morgan fingerprint density at radius 3 is 2.82 bits per heavy atom. The number of rotatable bonds is 0. The molecule has 0 saturated carbocycles. The number of halogens is 3. The molecule has 2 aliphatic rings. The highest BCUT2D eigenvalue weighted by molar-refractivity contribution is 6.32. The van der Waals surface area contributed by atoms with Crippen LogP contribution in [-0.2, 0) is 24.7 Å². The zero-order valence-electron chi connectivity index (χ0n) is 12.0. The molecule has 1 aromatic heterocycles. The highest BCUT2D eigenvalue weighted by Gasteiger charge is 2.41. The summed E-state index contributed by atoms with van der Waals surface area (Å²) >= 11 is 12.2. The number of fused-ring (bicyclic) bond motifs is 3. The molecule has 1 spiro atoms. The molecular formula is C17H15Cl2FN2. The monoisotopic (exact) mass is 336 g/mol. The van der Waals surface area contributed by atoms with Crippen LogP contribution in [0.3, 0.4) is 0 Å².